The van der Waals surface area contributed by atoms with Crippen LogP contribution in [-0.4, -0.2) is 42.6 Å². The Balaban J connectivity index is 1.87. The lowest BCUT2D eigenvalue weighted by Gasteiger charge is -2.39. The molecule has 0 saturated heterocycles. The standard InChI is InChI=1S/C31H43NO4/c1-20-14-17-25(22(3)23-12-10-9-11-13-23)27(18-20)35-30(34)28(32(7)8)26-19-24(16-15-21(26)2)29(33)36-31(4,5)6/h9-13,15-16,19-20,22,25,27-28H,14,17-18H2,1-8H3/t20-,22-,25+,27-,28+/m1/s1. The van der Waals surface area contributed by atoms with E-state index < -0.39 is 17.6 Å². The number of hydrogen-bond donors (Lipinski definition) is 0. The normalized spacial score (nSPS) is 22.1. The van der Waals surface area contributed by atoms with Gasteiger partial charge in [-0.15, -0.1) is 0 Å². The van der Waals surface area contributed by atoms with Crippen LogP contribution in [0.3, 0.4) is 0 Å². The Hall–Kier alpha value is -2.66. The van der Waals surface area contributed by atoms with Gasteiger partial charge in [-0.1, -0.05) is 56.7 Å². The van der Waals surface area contributed by atoms with E-state index >= 15 is 0 Å². The van der Waals surface area contributed by atoms with E-state index in [-0.39, 0.29) is 18.0 Å². The number of esters is 2. The number of ether oxygens (including phenoxy) is 2. The smallest absolute Gasteiger partial charge is 0.338 e. The molecular weight excluding hydrogens is 450 g/mol. The minimum atomic E-state index is -0.614. The number of carbonyl (C=O) groups excluding carboxylic acids is 2. The van der Waals surface area contributed by atoms with Gasteiger partial charge < -0.3 is 9.47 Å². The number of hydrogen-bond acceptors (Lipinski definition) is 5. The van der Waals surface area contributed by atoms with Crippen molar-refractivity contribution < 1.29 is 19.1 Å². The molecule has 5 atom stereocenters. The van der Waals surface area contributed by atoms with E-state index in [1.165, 1.54) is 5.56 Å². The van der Waals surface area contributed by atoms with Gasteiger partial charge in [-0.25, -0.2) is 9.59 Å². The average Bonchev–Trinajstić information content (AvgIpc) is 2.79. The number of benzene rings is 2. The van der Waals surface area contributed by atoms with Gasteiger partial charge in [0.2, 0.25) is 0 Å². The van der Waals surface area contributed by atoms with Crippen LogP contribution in [0.4, 0.5) is 0 Å². The Bertz CT molecular complexity index is 1040. The van der Waals surface area contributed by atoms with E-state index in [0.29, 0.717) is 17.4 Å². The minimum Gasteiger partial charge on any atom is -0.461 e. The maximum Gasteiger partial charge on any atom is 0.338 e. The molecule has 3 rings (SSSR count). The Morgan fingerprint density at radius 2 is 1.69 bits per heavy atom. The van der Waals surface area contributed by atoms with E-state index in [1.807, 2.05) is 58.8 Å². The topological polar surface area (TPSA) is 55.8 Å². The number of likely N-dealkylation sites (N-methyl/N-ethyl adjacent to an activating group) is 1. The van der Waals surface area contributed by atoms with Crippen LogP contribution in [0.15, 0.2) is 48.5 Å². The summed E-state index contributed by atoms with van der Waals surface area (Å²) in [5, 5.41) is 0. The fraction of sp³-hybridized carbons (Fsp3) is 0.548. The first kappa shape index (κ1) is 27.9. The molecule has 0 amide bonds. The largest absolute Gasteiger partial charge is 0.461 e. The predicted molar refractivity (Wildman–Crippen MR) is 144 cm³/mol. The van der Waals surface area contributed by atoms with Gasteiger partial charge in [0.05, 0.1) is 5.56 Å². The van der Waals surface area contributed by atoms with Crippen molar-refractivity contribution in [2.45, 2.75) is 84.5 Å². The molecule has 0 heterocycles. The number of carbonyl (C=O) groups is 2. The third-order valence-electron chi connectivity index (χ3n) is 7.29. The summed E-state index contributed by atoms with van der Waals surface area (Å²) in [6.07, 6.45) is 2.90. The fourth-order valence-electron chi connectivity index (χ4n) is 5.29. The molecule has 0 N–H and O–H groups in total. The quantitative estimate of drug-likeness (QED) is 0.402. The van der Waals surface area contributed by atoms with Crippen molar-refractivity contribution in [3.8, 4) is 0 Å². The van der Waals surface area contributed by atoms with Gasteiger partial charge in [0.15, 0.2) is 0 Å². The molecule has 1 saturated carbocycles. The zero-order valence-electron chi connectivity index (χ0n) is 23.2. The molecule has 5 heteroatoms. The highest BCUT2D eigenvalue weighted by atomic mass is 16.6. The first-order chi connectivity index (χ1) is 16.9. The zero-order valence-corrected chi connectivity index (χ0v) is 23.2. The maximum atomic E-state index is 13.7. The molecule has 1 fully saturated rings. The monoisotopic (exact) mass is 493 g/mol. The second kappa shape index (κ2) is 11.6. The van der Waals surface area contributed by atoms with Gasteiger partial charge in [-0.05, 0) is 95.3 Å². The maximum absolute atomic E-state index is 13.7. The fourth-order valence-corrected chi connectivity index (χ4v) is 5.29. The second-order valence-electron chi connectivity index (χ2n) is 11.7. The van der Waals surface area contributed by atoms with Crippen molar-refractivity contribution in [2.75, 3.05) is 14.1 Å². The number of rotatable bonds is 7. The summed E-state index contributed by atoms with van der Waals surface area (Å²) in [5.74, 6) is 0.412. The first-order valence-electron chi connectivity index (χ1n) is 13.1. The molecule has 196 valence electrons. The van der Waals surface area contributed by atoms with E-state index in [9.17, 15) is 9.59 Å². The van der Waals surface area contributed by atoms with Gasteiger partial charge in [-0.2, -0.15) is 0 Å². The summed E-state index contributed by atoms with van der Waals surface area (Å²) in [6, 6.07) is 15.3. The van der Waals surface area contributed by atoms with Gasteiger partial charge in [0.1, 0.15) is 17.7 Å². The highest BCUT2D eigenvalue weighted by Crippen LogP contribution is 2.40. The number of nitrogens with zero attached hydrogens (tertiary/aromatic N) is 1. The lowest BCUT2D eigenvalue weighted by Crippen LogP contribution is -2.39. The Kier molecular flexibility index (Phi) is 8.99. The predicted octanol–water partition coefficient (Wildman–Crippen LogP) is 6.70. The van der Waals surface area contributed by atoms with Crippen molar-refractivity contribution >= 4 is 11.9 Å². The lowest BCUT2D eigenvalue weighted by molar-refractivity contribution is -0.161. The van der Waals surface area contributed by atoms with E-state index in [1.54, 1.807) is 12.1 Å². The van der Waals surface area contributed by atoms with Crippen molar-refractivity contribution in [1.82, 2.24) is 4.90 Å². The average molecular weight is 494 g/mol. The zero-order chi connectivity index (χ0) is 26.6. The molecule has 2 aromatic carbocycles. The molecule has 0 unspecified atom stereocenters. The Morgan fingerprint density at radius 1 is 1.03 bits per heavy atom. The van der Waals surface area contributed by atoms with E-state index in [2.05, 4.69) is 38.1 Å². The van der Waals surface area contributed by atoms with E-state index in [0.717, 1.165) is 30.4 Å². The van der Waals surface area contributed by atoms with Crippen LogP contribution in [0.1, 0.15) is 92.9 Å². The van der Waals surface area contributed by atoms with Crippen LogP contribution >= 0.6 is 0 Å². The van der Waals surface area contributed by atoms with Crippen LogP contribution in [0, 0.1) is 18.8 Å². The van der Waals surface area contributed by atoms with Crippen molar-refractivity contribution in [2.24, 2.45) is 11.8 Å². The highest BCUT2D eigenvalue weighted by molar-refractivity contribution is 5.90. The Labute approximate surface area is 217 Å². The summed E-state index contributed by atoms with van der Waals surface area (Å²) in [5.41, 5.74) is 2.83. The van der Waals surface area contributed by atoms with E-state index in [4.69, 9.17) is 9.47 Å². The van der Waals surface area contributed by atoms with Gasteiger partial charge >= 0.3 is 11.9 Å². The molecule has 36 heavy (non-hydrogen) atoms. The van der Waals surface area contributed by atoms with Crippen LogP contribution in [0.2, 0.25) is 0 Å². The van der Waals surface area contributed by atoms with Crippen LogP contribution in [0.25, 0.3) is 0 Å². The molecule has 0 radical (unpaired) electrons. The van der Waals surface area contributed by atoms with Crippen LogP contribution in [-0.2, 0) is 14.3 Å². The first-order valence-corrected chi connectivity index (χ1v) is 13.1. The molecule has 0 aliphatic heterocycles. The molecular formula is C31H43NO4. The van der Waals surface area contributed by atoms with Gasteiger partial charge in [0.25, 0.3) is 0 Å². The van der Waals surface area contributed by atoms with Crippen LogP contribution in [0.5, 0.6) is 0 Å². The second-order valence-corrected chi connectivity index (χ2v) is 11.7. The molecule has 0 spiro atoms. The number of aryl methyl sites for hydroxylation is 1. The molecule has 0 bridgehead atoms. The van der Waals surface area contributed by atoms with Crippen molar-refractivity contribution in [1.29, 1.82) is 0 Å². The summed E-state index contributed by atoms with van der Waals surface area (Å²) >= 11 is 0. The summed E-state index contributed by atoms with van der Waals surface area (Å²) in [7, 11) is 3.75. The van der Waals surface area contributed by atoms with Crippen molar-refractivity contribution in [3.63, 3.8) is 0 Å². The minimum absolute atomic E-state index is 0.145. The molecule has 2 aromatic rings. The molecule has 1 aliphatic rings. The molecule has 5 nitrogen and oxygen atoms in total. The summed E-state index contributed by atoms with van der Waals surface area (Å²) in [4.78, 5) is 28.4. The SMILES string of the molecule is Cc1ccc(C(=O)OC(C)(C)C)cc1[C@@H](C(=O)O[C@@H]1C[C@H](C)CC[C@H]1[C@H](C)c1ccccc1)N(C)C. The summed E-state index contributed by atoms with van der Waals surface area (Å²) < 4.78 is 11.9. The lowest BCUT2D eigenvalue weighted by atomic mass is 9.73. The van der Waals surface area contributed by atoms with Crippen LogP contribution < -0.4 is 0 Å². The Morgan fingerprint density at radius 3 is 2.31 bits per heavy atom. The third-order valence-corrected chi connectivity index (χ3v) is 7.29. The van der Waals surface area contributed by atoms with Gasteiger partial charge in [-0.3, -0.25) is 4.90 Å². The molecule has 1 aliphatic carbocycles. The van der Waals surface area contributed by atoms with Crippen molar-refractivity contribution in [3.05, 3.63) is 70.8 Å². The third kappa shape index (κ3) is 6.97. The van der Waals surface area contributed by atoms with Gasteiger partial charge in [0, 0.05) is 5.92 Å². The molecule has 0 aromatic heterocycles. The highest BCUT2D eigenvalue weighted by Gasteiger charge is 2.38. The summed E-state index contributed by atoms with van der Waals surface area (Å²) in [6.45, 7) is 12.0.